The van der Waals surface area contributed by atoms with Crippen LogP contribution in [0, 0.1) is 18.6 Å². The molecule has 0 aliphatic rings. The zero-order valence-corrected chi connectivity index (χ0v) is 6.87. The van der Waals surface area contributed by atoms with Gasteiger partial charge < -0.3 is 0 Å². The minimum Gasteiger partial charge on any atom is -0.204 e. The SMILES string of the molecule is Cc1c(Br)ccc(F)c1F. The summed E-state index contributed by atoms with van der Waals surface area (Å²) in [5.74, 6) is -1.59. The van der Waals surface area contributed by atoms with E-state index >= 15 is 0 Å². The van der Waals surface area contributed by atoms with Crippen molar-refractivity contribution < 1.29 is 8.78 Å². The summed E-state index contributed by atoms with van der Waals surface area (Å²) < 4.78 is 25.5. The van der Waals surface area contributed by atoms with Crippen molar-refractivity contribution in [3.05, 3.63) is 33.8 Å². The number of hydrogen-bond donors (Lipinski definition) is 0. The van der Waals surface area contributed by atoms with Gasteiger partial charge in [-0.15, -0.1) is 0 Å². The van der Waals surface area contributed by atoms with Crippen molar-refractivity contribution in [2.45, 2.75) is 6.92 Å². The molecule has 0 unspecified atom stereocenters. The molecule has 10 heavy (non-hydrogen) atoms. The number of hydrogen-bond acceptors (Lipinski definition) is 0. The third kappa shape index (κ3) is 1.19. The Balaban J connectivity index is 3.34. The molecule has 0 saturated heterocycles. The van der Waals surface area contributed by atoms with Crippen molar-refractivity contribution in [1.82, 2.24) is 0 Å². The molecule has 0 nitrogen and oxygen atoms in total. The van der Waals surface area contributed by atoms with Gasteiger partial charge in [0.2, 0.25) is 0 Å². The zero-order valence-electron chi connectivity index (χ0n) is 5.29. The van der Waals surface area contributed by atoms with Gasteiger partial charge >= 0.3 is 0 Å². The molecule has 0 spiro atoms. The first-order valence-electron chi connectivity index (χ1n) is 2.73. The van der Waals surface area contributed by atoms with E-state index in [4.69, 9.17) is 0 Å². The fourth-order valence-electron chi connectivity index (χ4n) is 0.628. The van der Waals surface area contributed by atoms with Crippen LogP contribution in [0.3, 0.4) is 0 Å². The quantitative estimate of drug-likeness (QED) is 0.573. The Morgan fingerprint density at radius 2 is 1.90 bits per heavy atom. The molecule has 1 aromatic carbocycles. The fraction of sp³-hybridized carbons (Fsp3) is 0.143. The lowest BCUT2D eigenvalue weighted by atomic mass is 10.2. The van der Waals surface area contributed by atoms with Crippen LogP contribution in [0.1, 0.15) is 5.56 Å². The van der Waals surface area contributed by atoms with E-state index < -0.39 is 11.6 Å². The summed E-state index contributed by atoms with van der Waals surface area (Å²) in [6, 6.07) is 2.57. The Kier molecular flexibility index (Phi) is 2.04. The lowest BCUT2D eigenvalue weighted by Crippen LogP contribution is -1.88. The smallest absolute Gasteiger partial charge is 0.162 e. The van der Waals surface area contributed by atoms with Gasteiger partial charge in [0.25, 0.3) is 0 Å². The molecule has 54 valence electrons. The first-order chi connectivity index (χ1) is 4.63. The molecule has 0 radical (unpaired) electrons. The molecule has 1 rings (SSSR count). The average molecular weight is 207 g/mol. The highest BCUT2D eigenvalue weighted by molar-refractivity contribution is 9.10. The molecule has 0 saturated carbocycles. The van der Waals surface area contributed by atoms with Gasteiger partial charge in [-0.1, -0.05) is 15.9 Å². The molecule has 1 aromatic rings. The van der Waals surface area contributed by atoms with E-state index in [1.807, 2.05) is 0 Å². The minimum absolute atomic E-state index is 0.306. The Morgan fingerprint density at radius 3 is 2.40 bits per heavy atom. The van der Waals surface area contributed by atoms with Crippen LogP contribution >= 0.6 is 15.9 Å². The Labute approximate surface area is 66.0 Å². The van der Waals surface area contributed by atoms with E-state index in [2.05, 4.69) is 15.9 Å². The van der Waals surface area contributed by atoms with Crippen molar-refractivity contribution in [2.24, 2.45) is 0 Å². The topological polar surface area (TPSA) is 0 Å². The lowest BCUT2D eigenvalue weighted by molar-refractivity contribution is 0.502. The molecule has 0 fully saturated rings. The monoisotopic (exact) mass is 206 g/mol. The van der Waals surface area contributed by atoms with Crippen LogP contribution in [-0.4, -0.2) is 0 Å². The second kappa shape index (κ2) is 2.66. The van der Waals surface area contributed by atoms with E-state index in [0.29, 0.717) is 10.0 Å². The second-order valence-electron chi connectivity index (χ2n) is 1.97. The van der Waals surface area contributed by atoms with Crippen molar-refractivity contribution in [2.75, 3.05) is 0 Å². The molecule has 0 bridgehead atoms. The van der Waals surface area contributed by atoms with E-state index in [1.165, 1.54) is 13.0 Å². The molecular formula is C7H5BrF2. The van der Waals surface area contributed by atoms with Gasteiger partial charge in [0.15, 0.2) is 11.6 Å². The standard InChI is InChI=1S/C7H5BrF2/c1-4-5(8)2-3-6(9)7(4)10/h2-3H,1H3. The molecule has 0 aliphatic carbocycles. The van der Waals surface area contributed by atoms with Crippen LogP contribution in [0.15, 0.2) is 16.6 Å². The van der Waals surface area contributed by atoms with Gasteiger partial charge in [-0.05, 0) is 19.1 Å². The maximum absolute atomic E-state index is 12.6. The summed E-state index contributed by atoms with van der Waals surface area (Å²) in [7, 11) is 0. The summed E-state index contributed by atoms with van der Waals surface area (Å²) in [6.45, 7) is 1.52. The summed E-state index contributed by atoms with van der Waals surface area (Å²) >= 11 is 3.07. The predicted molar refractivity (Wildman–Crippen MR) is 38.8 cm³/mol. The molecular weight excluding hydrogens is 202 g/mol. The highest BCUT2D eigenvalue weighted by Gasteiger charge is 2.06. The van der Waals surface area contributed by atoms with Gasteiger partial charge in [0.1, 0.15) is 0 Å². The van der Waals surface area contributed by atoms with Crippen LogP contribution in [0.2, 0.25) is 0 Å². The maximum atomic E-state index is 12.6. The molecule has 0 heterocycles. The summed E-state index contributed by atoms with van der Waals surface area (Å²) in [5, 5.41) is 0. The number of rotatable bonds is 0. The third-order valence-corrected chi connectivity index (χ3v) is 2.13. The van der Waals surface area contributed by atoms with Crippen LogP contribution in [0.25, 0.3) is 0 Å². The molecule has 0 aliphatic heterocycles. The van der Waals surface area contributed by atoms with Crippen LogP contribution in [-0.2, 0) is 0 Å². The molecule has 0 amide bonds. The number of halogens is 3. The summed E-state index contributed by atoms with van der Waals surface area (Å²) in [4.78, 5) is 0. The predicted octanol–water partition coefficient (Wildman–Crippen LogP) is 3.04. The Hall–Kier alpha value is -0.440. The van der Waals surface area contributed by atoms with Crippen molar-refractivity contribution in [3.8, 4) is 0 Å². The summed E-state index contributed by atoms with van der Waals surface area (Å²) in [6.07, 6.45) is 0. The molecule has 0 aromatic heterocycles. The third-order valence-electron chi connectivity index (χ3n) is 1.27. The van der Waals surface area contributed by atoms with Crippen molar-refractivity contribution >= 4 is 15.9 Å². The van der Waals surface area contributed by atoms with E-state index in [9.17, 15) is 8.78 Å². The van der Waals surface area contributed by atoms with E-state index in [1.54, 1.807) is 0 Å². The fourth-order valence-corrected chi connectivity index (χ4v) is 0.935. The Morgan fingerprint density at radius 1 is 1.30 bits per heavy atom. The van der Waals surface area contributed by atoms with Gasteiger partial charge in [-0.3, -0.25) is 0 Å². The second-order valence-corrected chi connectivity index (χ2v) is 2.82. The lowest BCUT2D eigenvalue weighted by Gasteiger charge is -1.98. The van der Waals surface area contributed by atoms with Crippen LogP contribution < -0.4 is 0 Å². The normalized spacial score (nSPS) is 10.0. The average Bonchev–Trinajstić information content (AvgIpc) is 1.93. The molecule has 0 atom stereocenters. The first-order valence-corrected chi connectivity index (χ1v) is 3.52. The van der Waals surface area contributed by atoms with E-state index in [0.717, 1.165) is 6.07 Å². The van der Waals surface area contributed by atoms with Gasteiger partial charge in [0.05, 0.1) is 0 Å². The highest BCUT2D eigenvalue weighted by atomic mass is 79.9. The summed E-state index contributed by atoms with van der Waals surface area (Å²) in [5.41, 5.74) is 0.306. The van der Waals surface area contributed by atoms with Gasteiger partial charge in [-0.25, -0.2) is 8.78 Å². The van der Waals surface area contributed by atoms with E-state index in [-0.39, 0.29) is 0 Å². The maximum Gasteiger partial charge on any atom is 0.162 e. The molecule has 0 N–H and O–H groups in total. The Bertz CT molecular complexity index is 231. The van der Waals surface area contributed by atoms with Gasteiger partial charge in [-0.2, -0.15) is 0 Å². The van der Waals surface area contributed by atoms with Crippen LogP contribution in [0.5, 0.6) is 0 Å². The largest absolute Gasteiger partial charge is 0.204 e. The first kappa shape index (κ1) is 7.66. The minimum atomic E-state index is -0.805. The van der Waals surface area contributed by atoms with Crippen molar-refractivity contribution in [3.63, 3.8) is 0 Å². The van der Waals surface area contributed by atoms with Crippen LogP contribution in [0.4, 0.5) is 8.78 Å². The van der Waals surface area contributed by atoms with Crippen molar-refractivity contribution in [1.29, 1.82) is 0 Å². The number of benzene rings is 1. The van der Waals surface area contributed by atoms with Gasteiger partial charge in [0, 0.05) is 10.0 Å². The highest BCUT2D eigenvalue weighted by Crippen LogP contribution is 2.20. The zero-order chi connectivity index (χ0) is 7.72. The molecule has 3 heteroatoms.